The molecule has 0 atom stereocenters. The minimum absolute atomic E-state index is 0. The van der Waals surface area contributed by atoms with Gasteiger partial charge in [-0.05, 0) is 24.6 Å². The minimum Gasteiger partial charge on any atom is -0.454 e. The maximum absolute atomic E-state index is 5.37. The van der Waals surface area contributed by atoms with Gasteiger partial charge in [-0.15, -0.1) is 24.0 Å². The predicted octanol–water partition coefficient (Wildman–Crippen LogP) is 1.98. The first-order valence-corrected chi connectivity index (χ1v) is 7.44. The zero-order valence-corrected chi connectivity index (χ0v) is 15.9. The van der Waals surface area contributed by atoms with Crippen LogP contribution >= 0.6 is 24.0 Å². The fourth-order valence-electron chi connectivity index (χ4n) is 2.13. The zero-order chi connectivity index (χ0) is 16.1. The van der Waals surface area contributed by atoms with Gasteiger partial charge in [0.05, 0.1) is 13.1 Å². The van der Waals surface area contributed by atoms with E-state index in [1.807, 2.05) is 25.1 Å². The third kappa shape index (κ3) is 4.73. The number of hydrogen-bond donors (Lipinski definition) is 2. The Morgan fingerprint density at radius 1 is 1.25 bits per heavy atom. The second kappa shape index (κ2) is 8.71. The number of aliphatic imine (C=N–C) groups is 1. The van der Waals surface area contributed by atoms with Gasteiger partial charge in [0.2, 0.25) is 12.7 Å². The SMILES string of the molecule is CCNC(=NCc1ccc2c(c1)OCO2)NCc1noc(C)n1.I. The Balaban J connectivity index is 0.00000208. The number of hydrogen-bond acceptors (Lipinski definition) is 6. The highest BCUT2D eigenvalue weighted by molar-refractivity contribution is 14.0. The number of fused-ring (bicyclic) bond motifs is 1. The van der Waals surface area contributed by atoms with Crippen molar-refractivity contribution in [2.75, 3.05) is 13.3 Å². The number of ether oxygens (including phenoxy) is 2. The molecule has 0 radical (unpaired) electrons. The topological polar surface area (TPSA) is 93.8 Å². The highest BCUT2D eigenvalue weighted by atomic mass is 127. The molecule has 0 saturated heterocycles. The molecule has 0 saturated carbocycles. The van der Waals surface area contributed by atoms with Gasteiger partial charge in [0, 0.05) is 13.5 Å². The maximum atomic E-state index is 5.37. The van der Waals surface area contributed by atoms with Gasteiger partial charge in [-0.2, -0.15) is 4.98 Å². The summed E-state index contributed by atoms with van der Waals surface area (Å²) in [4.78, 5) is 8.69. The molecule has 2 aromatic rings. The summed E-state index contributed by atoms with van der Waals surface area (Å²) in [6.07, 6.45) is 0. The Hall–Kier alpha value is -2.04. The number of guanidine groups is 1. The summed E-state index contributed by atoms with van der Waals surface area (Å²) in [5.41, 5.74) is 1.04. The van der Waals surface area contributed by atoms with Gasteiger partial charge in [-0.3, -0.25) is 0 Å². The summed E-state index contributed by atoms with van der Waals surface area (Å²) in [5.74, 6) is 3.36. The molecule has 1 aromatic heterocycles. The molecule has 0 fully saturated rings. The fraction of sp³-hybridized carbons (Fsp3) is 0.400. The Morgan fingerprint density at radius 2 is 2.08 bits per heavy atom. The highest BCUT2D eigenvalue weighted by Crippen LogP contribution is 2.32. The van der Waals surface area contributed by atoms with Crippen LogP contribution in [0.15, 0.2) is 27.7 Å². The van der Waals surface area contributed by atoms with Crippen LogP contribution in [0.4, 0.5) is 0 Å². The van der Waals surface area contributed by atoms with Crippen LogP contribution < -0.4 is 20.1 Å². The standard InChI is InChI=1S/C15H19N5O3.HI/c1-3-16-15(18-8-14-19-10(2)23-20-14)17-7-11-4-5-12-13(6-11)22-9-21-12;/h4-6H,3,7-9H2,1-2H3,(H2,16,17,18);1H. The van der Waals surface area contributed by atoms with Crippen LogP contribution in [0.2, 0.25) is 0 Å². The first-order chi connectivity index (χ1) is 11.2. The molecule has 0 bridgehead atoms. The van der Waals surface area contributed by atoms with Crippen molar-refractivity contribution in [2.45, 2.75) is 26.9 Å². The highest BCUT2D eigenvalue weighted by Gasteiger charge is 2.13. The molecular formula is C15H20IN5O3. The van der Waals surface area contributed by atoms with Gasteiger partial charge in [0.25, 0.3) is 0 Å². The quantitative estimate of drug-likeness (QED) is 0.413. The number of benzene rings is 1. The predicted molar refractivity (Wildman–Crippen MR) is 98.7 cm³/mol. The second-order valence-corrected chi connectivity index (χ2v) is 4.97. The molecule has 8 nitrogen and oxygen atoms in total. The number of nitrogens with one attached hydrogen (secondary N) is 2. The summed E-state index contributed by atoms with van der Waals surface area (Å²) in [7, 11) is 0. The molecule has 2 heterocycles. The number of rotatable bonds is 5. The summed E-state index contributed by atoms with van der Waals surface area (Å²) in [6.45, 7) is 5.78. The molecule has 0 amide bonds. The number of aryl methyl sites for hydroxylation is 1. The Morgan fingerprint density at radius 3 is 2.83 bits per heavy atom. The van der Waals surface area contributed by atoms with E-state index in [4.69, 9.17) is 14.0 Å². The van der Waals surface area contributed by atoms with Crippen molar-refractivity contribution in [3.8, 4) is 11.5 Å². The molecule has 1 aliphatic rings. The third-order valence-electron chi connectivity index (χ3n) is 3.18. The number of nitrogens with zero attached hydrogens (tertiary/aromatic N) is 3. The van der Waals surface area contributed by atoms with Crippen molar-refractivity contribution in [3.05, 3.63) is 35.5 Å². The van der Waals surface area contributed by atoms with Gasteiger partial charge in [0.1, 0.15) is 0 Å². The van der Waals surface area contributed by atoms with Gasteiger partial charge >= 0.3 is 0 Å². The summed E-state index contributed by atoms with van der Waals surface area (Å²) < 4.78 is 15.6. The monoisotopic (exact) mass is 445 g/mol. The van der Waals surface area contributed by atoms with E-state index in [9.17, 15) is 0 Å². The molecule has 1 aromatic carbocycles. The van der Waals surface area contributed by atoms with Crippen LogP contribution in [0.5, 0.6) is 11.5 Å². The molecule has 2 N–H and O–H groups in total. The normalized spacial score (nSPS) is 12.7. The smallest absolute Gasteiger partial charge is 0.231 e. The number of halogens is 1. The lowest BCUT2D eigenvalue weighted by molar-refractivity contribution is 0.174. The molecule has 0 unspecified atom stereocenters. The van der Waals surface area contributed by atoms with Crippen LogP contribution in [-0.4, -0.2) is 29.4 Å². The molecule has 1 aliphatic heterocycles. The van der Waals surface area contributed by atoms with Crippen molar-refractivity contribution >= 4 is 29.9 Å². The van der Waals surface area contributed by atoms with Crippen LogP contribution in [0.25, 0.3) is 0 Å². The lowest BCUT2D eigenvalue weighted by Gasteiger charge is -2.09. The van der Waals surface area contributed by atoms with Gasteiger partial charge < -0.3 is 24.6 Å². The average molecular weight is 445 g/mol. The Kier molecular flexibility index (Phi) is 6.64. The minimum atomic E-state index is 0. The van der Waals surface area contributed by atoms with Crippen molar-refractivity contribution in [3.63, 3.8) is 0 Å². The Labute approximate surface area is 157 Å². The fourth-order valence-corrected chi connectivity index (χ4v) is 2.13. The van der Waals surface area contributed by atoms with Crippen LogP contribution in [0, 0.1) is 6.92 Å². The van der Waals surface area contributed by atoms with Gasteiger partial charge in [0.15, 0.2) is 23.3 Å². The van der Waals surface area contributed by atoms with E-state index in [0.717, 1.165) is 23.6 Å². The molecule has 0 spiro atoms. The maximum Gasteiger partial charge on any atom is 0.231 e. The van der Waals surface area contributed by atoms with Crippen LogP contribution in [-0.2, 0) is 13.1 Å². The summed E-state index contributed by atoms with van der Waals surface area (Å²) >= 11 is 0. The van der Waals surface area contributed by atoms with E-state index in [1.165, 1.54) is 0 Å². The molecule has 0 aliphatic carbocycles. The zero-order valence-electron chi connectivity index (χ0n) is 13.5. The molecule has 9 heteroatoms. The second-order valence-electron chi connectivity index (χ2n) is 4.97. The van der Waals surface area contributed by atoms with E-state index in [2.05, 4.69) is 25.8 Å². The first-order valence-electron chi connectivity index (χ1n) is 7.44. The van der Waals surface area contributed by atoms with E-state index >= 15 is 0 Å². The van der Waals surface area contributed by atoms with Crippen molar-refractivity contribution in [1.82, 2.24) is 20.8 Å². The lowest BCUT2D eigenvalue weighted by Crippen LogP contribution is -2.37. The third-order valence-corrected chi connectivity index (χ3v) is 3.18. The van der Waals surface area contributed by atoms with E-state index in [0.29, 0.717) is 30.8 Å². The van der Waals surface area contributed by atoms with Gasteiger partial charge in [-0.25, -0.2) is 4.99 Å². The molecule has 130 valence electrons. The van der Waals surface area contributed by atoms with Crippen molar-refractivity contribution in [2.24, 2.45) is 4.99 Å². The molecular weight excluding hydrogens is 425 g/mol. The lowest BCUT2D eigenvalue weighted by atomic mass is 10.2. The summed E-state index contributed by atoms with van der Waals surface area (Å²) in [5, 5.41) is 10.2. The molecule has 3 rings (SSSR count). The van der Waals surface area contributed by atoms with E-state index in [1.54, 1.807) is 6.92 Å². The van der Waals surface area contributed by atoms with Crippen LogP contribution in [0.3, 0.4) is 0 Å². The first kappa shape index (κ1) is 18.3. The summed E-state index contributed by atoms with van der Waals surface area (Å²) in [6, 6.07) is 5.82. The van der Waals surface area contributed by atoms with E-state index < -0.39 is 0 Å². The molecule has 24 heavy (non-hydrogen) atoms. The number of aromatic nitrogens is 2. The van der Waals surface area contributed by atoms with Crippen molar-refractivity contribution < 1.29 is 14.0 Å². The average Bonchev–Trinajstić information content (AvgIpc) is 3.18. The van der Waals surface area contributed by atoms with Crippen LogP contribution in [0.1, 0.15) is 24.2 Å². The largest absolute Gasteiger partial charge is 0.454 e. The van der Waals surface area contributed by atoms with Gasteiger partial charge in [-0.1, -0.05) is 11.2 Å². The Bertz CT molecular complexity index is 704. The van der Waals surface area contributed by atoms with E-state index in [-0.39, 0.29) is 30.8 Å². The van der Waals surface area contributed by atoms with Crippen molar-refractivity contribution in [1.29, 1.82) is 0 Å².